The quantitative estimate of drug-likeness (QED) is 0.533. The fraction of sp³-hybridized carbons (Fsp3) is 0.167. The molecule has 0 amide bonds. The van der Waals surface area contributed by atoms with Crippen LogP contribution in [0, 0.1) is 13.8 Å². The van der Waals surface area contributed by atoms with E-state index >= 15 is 8.63 Å². The van der Waals surface area contributed by atoms with Crippen LogP contribution in [0.5, 0.6) is 5.75 Å². The van der Waals surface area contributed by atoms with E-state index in [1.54, 1.807) is 31.4 Å². The van der Waals surface area contributed by atoms with E-state index in [-0.39, 0.29) is 0 Å². The maximum atomic E-state index is 15.2. The maximum absolute atomic E-state index is 15.2. The van der Waals surface area contributed by atoms with Crippen LogP contribution in [0.15, 0.2) is 46.7 Å². The summed E-state index contributed by atoms with van der Waals surface area (Å²) in [6.45, 7) is -0.0796. The van der Waals surface area contributed by atoms with Crippen LogP contribution in [0.3, 0.4) is 0 Å². The van der Waals surface area contributed by atoms with Gasteiger partial charge in [0.15, 0.2) is 5.70 Å². The molecule has 0 N–H and O–H groups in total. The summed E-state index contributed by atoms with van der Waals surface area (Å²) >= 11 is 6.56. The van der Waals surface area contributed by atoms with Gasteiger partial charge in [-0.3, -0.25) is 0 Å². The summed E-state index contributed by atoms with van der Waals surface area (Å²) in [5.41, 5.74) is 4.56. The highest BCUT2D eigenvalue weighted by molar-refractivity contribution is 9.18. The molecule has 0 unspecified atom stereocenters. The number of fused-ring (bicyclic) bond motifs is 2. The van der Waals surface area contributed by atoms with Gasteiger partial charge in [-0.05, 0) is 70.7 Å². The lowest BCUT2D eigenvalue weighted by atomic mass is 9.86. The molecule has 2 aliphatic heterocycles. The Balaban J connectivity index is 2.08. The van der Waals surface area contributed by atoms with E-state index in [1.165, 1.54) is 0 Å². The Hall–Kier alpha value is -1.67. The number of nitrogens with zero attached hydrogens (tertiary/aromatic N) is 2. The number of ether oxygens (including phenoxy) is 1. The molecule has 26 heavy (non-hydrogen) atoms. The SMILES string of the molecule is COc1c(C)cc(C2=C3C=CC(Br)=[N+]3[B-](F)(F)n3c(Br)ccc32)cc1C. The molecular weight excluding hydrogens is 469 g/mol. The molecule has 0 saturated carbocycles. The average molecular weight is 484 g/mol. The average Bonchev–Trinajstić information content (AvgIpc) is 3.12. The predicted octanol–water partition coefficient (Wildman–Crippen LogP) is 5.25. The summed E-state index contributed by atoms with van der Waals surface area (Å²) in [6.07, 6.45) is 3.39. The molecule has 0 saturated heterocycles. The number of allylic oxidation sites excluding steroid dienone is 2. The number of aromatic nitrogens is 1. The molecule has 134 valence electrons. The number of methoxy groups -OCH3 is 1. The largest absolute Gasteiger partial charge is 0.738 e. The van der Waals surface area contributed by atoms with Crippen molar-refractivity contribution >= 4 is 49.0 Å². The van der Waals surface area contributed by atoms with Crippen molar-refractivity contribution < 1.29 is 17.9 Å². The molecule has 1 aromatic heterocycles. The van der Waals surface area contributed by atoms with E-state index < -0.39 is 6.97 Å². The highest BCUT2D eigenvalue weighted by atomic mass is 79.9. The van der Waals surface area contributed by atoms with Crippen molar-refractivity contribution in [2.24, 2.45) is 0 Å². The lowest BCUT2D eigenvalue weighted by Gasteiger charge is -2.32. The summed E-state index contributed by atoms with van der Waals surface area (Å²) in [6, 6.07) is 7.35. The second kappa shape index (κ2) is 5.92. The molecule has 0 radical (unpaired) electrons. The number of hydrogen-bond donors (Lipinski definition) is 0. The molecule has 4 rings (SSSR count). The lowest BCUT2D eigenvalue weighted by molar-refractivity contribution is -0.358. The minimum atomic E-state index is -4.00. The van der Waals surface area contributed by atoms with E-state index in [0.717, 1.165) is 37.0 Å². The van der Waals surface area contributed by atoms with Gasteiger partial charge in [-0.25, -0.2) is 0 Å². The standard InChI is InChI=1S/C18H15BBr2F2N2O/c1-10-8-12(9-11(2)18(10)26-3)17-13-4-6-15(20)24(13)19(22,23)25-14(17)5-7-16(25)21/h4-9H,1-3H3. The monoisotopic (exact) mass is 482 g/mol. The molecular formula is C18H15BBr2F2N2O. The first-order chi connectivity index (χ1) is 12.3. The van der Waals surface area contributed by atoms with Gasteiger partial charge in [-0.2, -0.15) is 0 Å². The normalized spacial score (nSPS) is 17.7. The zero-order valence-electron chi connectivity index (χ0n) is 14.4. The summed E-state index contributed by atoms with van der Waals surface area (Å²) in [7, 11) is 1.64. The van der Waals surface area contributed by atoms with Crippen LogP contribution in [0.25, 0.3) is 5.57 Å². The van der Waals surface area contributed by atoms with Gasteiger partial charge in [-0.15, -0.1) is 0 Å². The van der Waals surface area contributed by atoms with Crippen molar-refractivity contribution in [2.45, 2.75) is 13.8 Å². The third-order valence-corrected chi connectivity index (χ3v) is 6.12. The summed E-state index contributed by atoms with van der Waals surface area (Å²) in [4.78, 5) is 0. The number of aryl methyl sites for hydroxylation is 2. The summed E-state index contributed by atoms with van der Waals surface area (Å²) in [5.74, 6) is 0.813. The van der Waals surface area contributed by atoms with Crippen LogP contribution in [-0.4, -0.2) is 27.7 Å². The first-order valence-electron chi connectivity index (χ1n) is 8.06. The van der Waals surface area contributed by atoms with E-state index in [1.807, 2.05) is 26.0 Å². The van der Waals surface area contributed by atoms with Gasteiger partial charge in [0.1, 0.15) is 5.75 Å². The van der Waals surface area contributed by atoms with Crippen molar-refractivity contribution in [1.82, 2.24) is 4.48 Å². The van der Waals surface area contributed by atoms with Crippen molar-refractivity contribution in [3.05, 3.63) is 69.1 Å². The van der Waals surface area contributed by atoms with E-state index in [0.29, 0.717) is 20.6 Å². The number of benzene rings is 1. The Bertz CT molecular complexity index is 1030. The highest BCUT2D eigenvalue weighted by Gasteiger charge is 2.54. The van der Waals surface area contributed by atoms with E-state index in [2.05, 4.69) is 31.9 Å². The molecule has 2 aliphatic rings. The lowest BCUT2D eigenvalue weighted by Crippen LogP contribution is -2.50. The highest BCUT2D eigenvalue weighted by Crippen LogP contribution is 2.43. The molecule has 3 heterocycles. The van der Waals surface area contributed by atoms with Crippen LogP contribution in [0.4, 0.5) is 8.63 Å². The van der Waals surface area contributed by atoms with Crippen LogP contribution in [0.2, 0.25) is 0 Å². The summed E-state index contributed by atoms with van der Waals surface area (Å²) in [5, 5.41) is 0. The van der Waals surface area contributed by atoms with Gasteiger partial charge in [0, 0.05) is 33.8 Å². The Labute approximate surface area is 167 Å². The Kier molecular flexibility index (Phi) is 4.04. The molecule has 0 bridgehead atoms. The third kappa shape index (κ3) is 2.31. The minimum Gasteiger partial charge on any atom is -0.496 e. The van der Waals surface area contributed by atoms with Gasteiger partial charge in [0.25, 0.3) is 0 Å². The molecule has 0 spiro atoms. The topological polar surface area (TPSA) is 17.2 Å². The second-order valence-electron chi connectivity index (χ2n) is 6.43. The zero-order chi connectivity index (χ0) is 18.8. The van der Waals surface area contributed by atoms with E-state index in [4.69, 9.17) is 4.74 Å². The number of halogens is 4. The molecule has 3 nitrogen and oxygen atoms in total. The van der Waals surface area contributed by atoms with Gasteiger partial charge in [-0.1, -0.05) is 0 Å². The van der Waals surface area contributed by atoms with Crippen LogP contribution >= 0.6 is 31.9 Å². The van der Waals surface area contributed by atoms with Crippen molar-refractivity contribution in [1.29, 1.82) is 0 Å². The molecule has 0 aliphatic carbocycles. The van der Waals surface area contributed by atoms with Crippen molar-refractivity contribution in [3.63, 3.8) is 0 Å². The Morgan fingerprint density at radius 1 is 1.08 bits per heavy atom. The van der Waals surface area contributed by atoms with Crippen molar-refractivity contribution in [2.75, 3.05) is 7.11 Å². The third-order valence-electron chi connectivity index (χ3n) is 4.82. The van der Waals surface area contributed by atoms with Crippen molar-refractivity contribution in [3.8, 4) is 5.75 Å². The predicted molar refractivity (Wildman–Crippen MR) is 107 cm³/mol. The van der Waals surface area contributed by atoms with E-state index in [9.17, 15) is 0 Å². The number of hydrogen-bond acceptors (Lipinski definition) is 1. The fourth-order valence-electron chi connectivity index (χ4n) is 3.84. The molecule has 1 aromatic carbocycles. The number of rotatable bonds is 2. The molecule has 0 fully saturated rings. The Morgan fingerprint density at radius 3 is 2.35 bits per heavy atom. The Morgan fingerprint density at radius 2 is 1.73 bits per heavy atom. The second-order valence-corrected chi connectivity index (χ2v) is 8.05. The molecule has 2 aromatic rings. The van der Waals surface area contributed by atoms with Crippen LogP contribution in [-0.2, 0) is 0 Å². The van der Waals surface area contributed by atoms with Crippen LogP contribution in [0.1, 0.15) is 22.4 Å². The first-order valence-corrected chi connectivity index (χ1v) is 9.65. The molecule has 8 heteroatoms. The van der Waals surface area contributed by atoms with Gasteiger partial charge in [0.05, 0.1) is 17.3 Å². The fourth-order valence-corrected chi connectivity index (χ4v) is 4.98. The minimum absolute atomic E-state index is 0.350. The summed E-state index contributed by atoms with van der Waals surface area (Å²) < 4.78 is 38.8. The smallest absolute Gasteiger partial charge is 0.496 e. The molecule has 0 atom stereocenters. The maximum Gasteiger partial charge on any atom is 0.738 e. The van der Waals surface area contributed by atoms with Gasteiger partial charge >= 0.3 is 6.97 Å². The van der Waals surface area contributed by atoms with Crippen LogP contribution < -0.4 is 4.74 Å². The zero-order valence-corrected chi connectivity index (χ0v) is 17.5. The van der Waals surface area contributed by atoms with Gasteiger partial charge in [0.2, 0.25) is 4.62 Å². The van der Waals surface area contributed by atoms with Gasteiger partial charge < -0.3 is 22.3 Å². The first kappa shape index (κ1) is 17.7.